The lowest BCUT2D eigenvalue weighted by Gasteiger charge is -2.23. The number of benzene rings is 2. The summed E-state index contributed by atoms with van der Waals surface area (Å²) in [5.74, 6) is -1.69. The molecule has 0 bridgehead atoms. The van der Waals surface area contributed by atoms with Gasteiger partial charge in [-0.2, -0.15) is 0 Å². The van der Waals surface area contributed by atoms with Crippen molar-refractivity contribution in [1.29, 1.82) is 0 Å². The smallest absolute Gasteiger partial charge is 0.350 e. The third-order valence-corrected chi connectivity index (χ3v) is 6.87. The molecule has 1 atom stereocenters. The molecule has 2 aliphatic rings. The maximum Gasteiger partial charge on any atom is 0.350 e. The van der Waals surface area contributed by atoms with Gasteiger partial charge in [-0.15, -0.1) is 0 Å². The summed E-state index contributed by atoms with van der Waals surface area (Å²) in [4.78, 5) is 44.5. The molecular formula is C25H20N2O7S. The second kappa shape index (κ2) is 8.88. The number of aliphatic hydroxyl groups is 1. The Morgan fingerprint density at radius 2 is 1.83 bits per heavy atom. The summed E-state index contributed by atoms with van der Waals surface area (Å²) in [6, 6.07) is 12.7. The third kappa shape index (κ3) is 3.81. The lowest BCUT2D eigenvalue weighted by molar-refractivity contribution is -0.132. The van der Waals surface area contributed by atoms with Gasteiger partial charge in [-0.25, -0.2) is 9.78 Å². The Bertz CT molecular complexity index is 1380. The van der Waals surface area contributed by atoms with Crippen LogP contribution in [0.1, 0.15) is 32.5 Å². The maximum atomic E-state index is 13.3. The summed E-state index contributed by atoms with van der Waals surface area (Å²) < 4.78 is 15.9. The predicted molar refractivity (Wildman–Crippen MR) is 127 cm³/mol. The maximum absolute atomic E-state index is 13.3. The summed E-state index contributed by atoms with van der Waals surface area (Å²) in [6.45, 7) is 2.39. The van der Waals surface area contributed by atoms with Gasteiger partial charge in [0, 0.05) is 5.56 Å². The average molecular weight is 493 g/mol. The minimum Gasteiger partial charge on any atom is -0.507 e. The van der Waals surface area contributed by atoms with E-state index < -0.39 is 23.7 Å². The molecule has 5 rings (SSSR count). The molecule has 35 heavy (non-hydrogen) atoms. The fourth-order valence-electron chi connectivity index (χ4n) is 4.09. The molecule has 9 nitrogen and oxygen atoms in total. The molecule has 1 saturated heterocycles. The number of nitrogens with zero attached hydrogens (tertiary/aromatic N) is 2. The van der Waals surface area contributed by atoms with Crippen molar-refractivity contribution < 1.29 is 33.7 Å². The van der Waals surface area contributed by atoms with Gasteiger partial charge in [-0.05, 0) is 30.7 Å². The molecule has 0 saturated carbocycles. The van der Waals surface area contributed by atoms with E-state index in [-0.39, 0.29) is 21.3 Å². The van der Waals surface area contributed by atoms with Crippen molar-refractivity contribution in [2.45, 2.75) is 13.0 Å². The molecule has 0 spiro atoms. The normalized spacial score (nSPS) is 18.6. The van der Waals surface area contributed by atoms with E-state index >= 15 is 0 Å². The van der Waals surface area contributed by atoms with Gasteiger partial charge < -0.3 is 19.3 Å². The van der Waals surface area contributed by atoms with Crippen LogP contribution in [0.3, 0.4) is 0 Å². The van der Waals surface area contributed by atoms with Crippen LogP contribution in [-0.4, -0.2) is 48.1 Å². The second-order valence-electron chi connectivity index (χ2n) is 7.84. The fraction of sp³-hybridized carbons (Fsp3) is 0.200. The molecule has 2 aliphatic heterocycles. The van der Waals surface area contributed by atoms with Crippen LogP contribution in [-0.2, 0) is 14.3 Å². The average Bonchev–Trinajstić information content (AvgIpc) is 3.40. The van der Waals surface area contributed by atoms with E-state index in [0.29, 0.717) is 41.5 Å². The van der Waals surface area contributed by atoms with E-state index in [1.165, 1.54) is 12.0 Å². The van der Waals surface area contributed by atoms with Gasteiger partial charge in [-0.3, -0.25) is 14.5 Å². The highest BCUT2D eigenvalue weighted by molar-refractivity contribution is 7.17. The molecule has 10 heteroatoms. The molecule has 0 aliphatic carbocycles. The number of carbonyl (C=O) groups is 3. The molecule has 1 amide bonds. The van der Waals surface area contributed by atoms with Crippen LogP contribution in [0.5, 0.6) is 11.5 Å². The number of ether oxygens (including phenoxy) is 3. The fourth-order valence-corrected chi connectivity index (χ4v) is 5.11. The number of ketones is 1. The van der Waals surface area contributed by atoms with Gasteiger partial charge in [-0.1, -0.05) is 41.7 Å². The van der Waals surface area contributed by atoms with E-state index in [9.17, 15) is 19.5 Å². The quantitative estimate of drug-likeness (QED) is 0.254. The number of amides is 1. The molecule has 178 valence electrons. The van der Waals surface area contributed by atoms with Crippen LogP contribution in [0, 0.1) is 6.92 Å². The van der Waals surface area contributed by atoms with Crippen LogP contribution >= 0.6 is 11.3 Å². The minimum absolute atomic E-state index is 0.0923. The van der Waals surface area contributed by atoms with Gasteiger partial charge in [0.2, 0.25) is 0 Å². The summed E-state index contributed by atoms with van der Waals surface area (Å²) in [7, 11) is 1.25. The predicted octanol–water partition coefficient (Wildman–Crippen LogP) is 3.64. The highest BCUT2D eigenvalue weighted by Crippen LogP contribution is 2.44. The summed E-state index contributed by atoms with van der Waals surface area (Å²) >= 11 is 0.948. The summed E-state index contributed by atoms with van der Waals surface area (Å²) in [6.07, 6.45) is 0. The first-order chi connectivity index (χ1) is 16.9. The largest absolute Gasteiger partial charge is 0.507 e. The van der Waals surface area contributed by atoms with Crippen molar-refractivity contribution in [2.24, 2.45) is 0 Å². The Morgan fingerprint density at radius 1 is 1.11 bits per heavy atom. The first-order valence-corrected chi connectivity index (χ1v) is 11.5. The monoisotopic (exact) mass is 492 g/mol. The molecule has 2 aromatic carbocycles. The Hall–Kier alpha value is -4.18. The van der Waals surface area contributed by atoms with Crippen LogP contribution < -0.4 is 14.4 Å². The zero-order valence-electron chi connectivity index (χ0n) is 18.8. The molecule has 1 N–H and O–H groups in total. The molecule has 1 aromatic heterocycles. The third-order valence-electron chi connectivity index (χ3n) is 5.74. The summed E-state index contributed by atoms with van der Waals surface area (Å²) in [5.41, 5.74) is 1.18. The molecule has 3 aromatic rings. The lowest BCUT2D eigenvalue weighted by atomic mass is 9.95. The number of hydrogen-bond donors (Lipinski definition) is 1. The number of aryl methyl sites for hydroxylation is 1. The van der Waals surface area contributed by atoms with Crippen LogP contribution in [0.15, 0.2) is 54.1 Å². The van der Waals surface area contributed by atoms with Crippen LogP contribution in [0.2, 0.25) is 0 Å². The first-order valence-electron chi connectivity index (χ1n) is 10.7. The van der Waals surface area contributed by atoms with Crippen molar-refractivity contribution in [1.82, 2.24) is 4.98 Å². The van der Waals surface area contributed by atoms with E-state index in [1.54, 1.807) is 55.5 Å². The number of anilines is 1. The number of carbonyl (C=O) groups excluding carboxylic acids is 3. The van der Waals surface area contributed by atoms with E-state index in [4.69, 9.17) is 14.2 Å². The zero-order chi connectivity index (χ0) is 24.7. The lowest BCUT2D eigenvalue weighted by Crippen LogP contribution is -2.29. The Labute approximate surface area is 204 Å². The molecule has 1 unspecified atom stereocenters. The van der Waals surface area contributed by atoms with E-state index in [2.05, 4.69) is 4.98 Å². The first kappa shape index (κ1) is 22.6. The van der Waals surface area contributed by atoms with Gasteiger partial charge in [0.05, 0.1) is 24.4 Å². The topological polar surface area (TPSA) is 115 Å². The zero-order valence-corrected chi connectivity index (χ0v) is 19.6. The highest BCUT2D eigenvalue weighted by atomic mass is 32.1. The van der Waals surface area contributed by atoms with Crippen LogP contribution in [0.25, 0.3) is 5.76 Å². The van der Waals surface area contributed by atoms with Crippen molar-refractivity contribution >= 4 is 39.9 Å². The number of methoxy groups -OCH3 is 1. The number of fused-ring (bicyclic) bond motifs is 1. The SMILES string of the molecule is COC(=O)c1sc(N2C(=O)C(=O)C(=C(O)c3ccc4c(c3)OCCO4)C2c2ccccc2)nc1C. The van der Waals surface area contributed by atoms with Crippen molar-refractivity contribution in [3.8, 4) is 11.5 Å². The summed E-state index contributed by atoms with van der Waals surface area (Å²) in [5, 5.41) is 11.4. The number of thiazole rings is 1. The minimum atomic E-state index is -0.958. The van der Waals surface area contributed by atoms with Gasteiger partial charge in [0.25, 0.3) is 5.78 Å². The van der Waals surface area contributed by atoms with Gasteiger partial charge >= 0.3 is 11.9 Å². The molecule has 1 fully saturated rings. The highest BCUT2D eigenvalue weighted by Gasteiger charge is 2.48. The van der Waals surface area contributed by atoms with Crippen molar-refractivity contribution in [2.75, 3.05) is 25.2 Å². The van der Waals surface area contributed by atoms with Crippen molar-refractivity contribution in [3.63, 3.8) is 0 Å². The number of aliphatic hydroxyl groups excluding tert-OH is 1. The Kier molecular flexibility index (Phi) is 5.73. The standard InChI is InChI=1S/C25H20N2O7S/c1-13-22(24(31)32-2)35-25(26-13)27-19(14-6-4-3-5-7-14)18(21(29)23(27)30)20(28)15-8-9-16-17(12-15)34-11-10-33-16/h3-9,12,19,28H,10-11H2,1-2H3. The Morgan fingerprint density at radius 3 is 2.54 bits per heavy atom. The molecular weight excluding hydrogens is 472 g/mol. The van der Waals surface area contributed by atoms with Gasteiger partial charge in [0.15, 0.2) is 16.6 Å². The number of Topliss-reactive ketones (excluding diaryl/α,β-unsaturated/α-hetero) is 1. The molecule has 3 heterocycles. The number of hydrogen-bond acceptors (Lipinski definition) is 9. The number of aromatic nitrogens is 1. The van der Waals surface area contributed by atoms with Crippen molar-refractivity contribution in [3.05, 3.63) is 75.8 Å². The van der Waals surface area contributed by atoms with E-state index in [0.717, 1.165) is 11.3 Å². The van der Waals surface area contributed by atoms with E-state index in [1.807, 2.05) is 0 Å². The number of esters is 1. The van der Waals surface area contributed by atoms with Crippen LogP contribution in [0.4, 0.5) is 5.13 Å². The number of rotatable bonds is 4. The Balaban J connectivity index is 1.67. The van der Waals surface area contributed by atoms with Gasteiger partial charge in [0.1, 0.15) is 23.9 Å². The molecule has 0 radical (unpaired) electrons. The second-order valence-corrected chi connectivity index (χ2v) is 8.82.